The summed E-state index contributed by atoms with van der Waals surface area (Å²) in [7, 11) is 0. The van der Waals surface area contributed by atoms with Gasteiger partial charge in [-0.3, -0.25) is 24.9 Å². The molecular weight excluding hydrogens is 426 g/mol. The van der Waals surface area contributed by atoms with Crippen LogP contribution in [0.1, 0.15) is 11.1 Å². The molecule has 9 heteroatoms. The van der Waals surface area contributed by atoms with E-state index in [0.29, 0.717) is 33.4 Å². The van der Waals surface area contributed by atoms with Crippen molar-refractivity contribution in [2.24, 2.45) is 4.99 Å². The summed E-state index contributed by atoms with van der Waals surface area (Å²) < 4.78 is 0. The third-order valence-electron chi connectivity index (χ3n) is 4.76. The minimum absolute atomic E-state index is 0.0216. The molecule has 4 rings (SSSR count). The maximum atomic E-state index is 13.1. The number of rotatable bonds is 6. The minimum atomic E-state index is -0.449. The molecule has 8 nitrogen and oxygen atoms in total. The number of H-pyrrole nitrogens is 1. The number of aliphatic imine (C=N–C) groups is 1. The summed E-state index contributed by atoms with van der Waals surface area (Å²) in [5.74, 6) is -0.188. The van der Waals surface area contributed by atoms with Gasteiger partial charge in [-0.2, -0.15) is 5.10 Å². The Kier molecular flexibility index (Phi) is 6.00. The van der Waals surface area contributed by atoms with Crippen LogP contribution >= 0.6 is 11.8 Å². The fourth-order valence-corrected chi connectivity index (χ4v) is 4.16. The van der Waals surface area contributed by atoms with Crippen LogP contribution in [0.2, 0.25) is 0 Å². The van der Waals surface area contributed by atoms with E-state index in [1.54, 1.807) is 35.4 Å². The normalized spacial score (nSPS) is 16.2. The molecule has 0 aliphatic carbocycles. The molecule has 1 aromatic heterocycles. The van der Waals surface area contributed by atoms with Gasteiger partial charge in [0.15, 0.2) is 5.17 Å². The molecule has 0 bridgehead atoms. The van der Waals surface area contributed by atoms with Gasteiger partial charge < -0.3 is 0 Å². The molecule has 0 atom stereocenters. The summed E-state index contributed by atoms with van der Waals surface area (Å²) in [5.41, 5.74) is 3.70. The van der Waals surface area contributed by atoms with Gasteiger partial charge in [-0.1, -0.05) is 35.9 Å². The number of nitrogens with zero attached hydrogens (tertiary/aromatic N) is 4. The quantitative estimate of drug-likeness (QED) is 0.246. The van der Waals surface area contributed by atoms with Gasteiger partial charge >= 0.3 is 0 Å². The zero-order valence-corrected chi connectivity index (χ0v) is 18.0. The summed E-state index contributed by atoms with van der Waals surface area (Å²) in [6.45, 7) is 6.07. The van der Waals surface area contributed by atoms with Crippen molar-refractivity contribution in [1.82, 2.24) is 15.1 Å². The SMILES string of the molecule is C=CCN1C(=O)C(=Cc2cn[nH]c2-c2cccc([N+](=O)[O-])c2)SC1=Nc1ccc(C)cc1. The maximum Gasteiger partial charge on any atom is 0.270 e. The molecule has 0 spiro atoms. The van der Waals surface area contributed by atoms with Crippen molar-refractivity contribution < 1.29 is 9.72 Å². The van der Waals surface area contributed by atoms with Gasteiger partial charge in [0.25, 0.3) is 11.6 Å². The predicted molar refractivity (Wildman–Crippen MR) is 126 cm³/mol. The molecule has 0 saturated carbocycles. The largest absolute Gasteiger partial charge is 0.283 e. The molecule has 1 saturated heterocycles. The van der Waals surface area contributed by atoms with E-state index in [4.69, 9.17) is 0 Å². The zero-order chi connectivity index (χ0) is 22.7. The van der Waals surface area contributed by atoms with Crippen LogP contribution in [0.25, 0.3) is 17.3 Å². The van der Waals surface area contributed by atoms with Gasteiger partial charge in [0.1, 0.15) is 0 Å². The van der Waals surface area contributed by atoms with Crippen LogP contribution in [0.3, 0.4) is 0 Å². The molecule has 3 aromatic rings. The topological polar surface area (TPSA) is 104 Å². The fraction of sp³-hybridized carbons (Fsp3) is 0.0870. The van der Waals surface area contributed by atoms with Gasteiger partial charge in [0.05, 0.1) is 27.4 Å². The molecule has 32 heavy (non-hydrogen) atoms. The number of hydrogen-bond acceptors (Lipinski definition) is 6. The van der Waals surface area contributed by atoms with Crippen LogP contribution < -0.4 is 0 Å². The fourth-order valence-electron chi connectivity index (χ4n) is 3.16. The number of carbonyl (C=O) groups excluding carboxylic acids is 1. The Labute approximate surface area is 188 Å². The van der Waals surface area contributed by atoms with Crippen molar-refractivity contribution >= 4 is 40.3 Å². The van der Waals surface area contributed by atoms with E-state index in [2.05, 4.69) is 21.8 Å². The molecular formula is C23H19N5O3S. The van der Waals surface area contributed by atoms with Crippen molar-refractivity contribution in [2.75, 3.05) is 6.54 Å². The molecule has 160 valence electrons. The first-order valence-corrected chi connectivity index (χ1v) is 10.5. The number of aromatic amines is 1. The van der Waals surface area contributed by atoms with Gasteiger partial charge in [-0.25, -0.2) is 4.99 Å². The number of nitro benzene ring substituents is 1. The number of benzene rings is 2. The number of aromatic nitrogens is 2. The van der Waals surface area contributed by atoms with Crippen LogP contribution in [0.4, 0.5) is 11.4 Å². The summed E-state index contributed by atoms with van der Waals surface area (Å²) in [6.07, 6.45) is 4.96. The molecule has 1 aliphatic rings. The van der Waals surface area contributed by atoms with E-state index in [1.807, 2.05) is 31.2 Å². The van der Waals surface area contributed by atoms with E-state index in [-0.39, 0.29) is 11.6 Å². The second-order valence-electron chi connectivity index (χ2n) is 7.05. The van der Waals surface area contributed by atoms with Gasteiger partial charge in [-0.15, -0.1) is 6.58 Å². The number of amides is 1. The third kappa shape index (κ3) is 4.37. The molecule has 1 amide bonds. The van der Waals surface area contributed by atoms with Crippen molar-refractivity contribution in [3.8, 4) is 11.3 Å². The first-order chi connectivity index (χ1) is 15.5. The lowest BCUT2D eigenvalue weighted by Crippen LogP contribution is -2.29. The number of nitrogens with one attached hydrogen (secondary N) is 1. The summed E-state index contributed by atoms with van der Waals surface area (Å²) in [4.78, 5) is 30.4. The van der Waals surface area contributed by atoms with Crippen LogP contribution in [-0.4, -0.2) is 37.6 Å². The van der Waals surface area contributed by atoms with E-state index in [0.717, 1.165) is 11.3 Å². The smallest absolute Gasteiger partial charge is 0.270 e. The minimum Gasteiger partial charge on any atom is -0.283 e. The predicted octanol–water partition coefficient (Wildman–Crippen LogP) is 5.08. The van der Waals surface area contributed by atoms with Crippen LogP contribution in [0, 0.1) is 17.0 Å². The Morgan fingerprint density at radius 1 is 1.28 bits per heavy atom. The lowest BCUT2D eigenvalue weighted by molar-refractivity contribution is -0.384. The first kappa shape index (κ1) is 21.3. The molecule has 2 aromatic carbocycles. The number of non-ortho nitro benzene ring substituents is 1. The highest BCUT2D eigenvalue weighted by Crippen LogP contribution is 2.35. The molecule has 1 fully saturated rings. The lowest BCUT2D eigenvalue weighted by Gasteiger charge is -2.12. The number of hydrogen-bond donors (Lipinski definition) is 1. The van der Waals surface area contributed by atoms with Gasteiger partial charge in [-0.05, 0) is 36.9 Å². The van der Waals surface area contributed by atoms with Crippen molar-refractivity contribution in [1.29, 1.82) is 0 Å². The Morgan fingerprint density at radius 3 is 2.78 bits per heavy atom. The Hall–Kier alpha value is -3.98. The van der Waals surface area contributed by atoms with E-state index >= 15 is 0 Å². The van der Waals surface area contributed by atoms with Crippen molar-refractivity contribution in [3.63, 3.8) is 0 Å². The highest BCUT2D eigenvalue weighted by molar-refractivity contribution is 8.18. The monoisotopic (exact) mass is 445 g/mol. The highest BCUT2D eigenvalue weighted by atomic mass is 32.2. The van der Waals surface area contributed by atoms with Crippen LogP contribution in [0.15, 0.2) is 77.3 Å². The number of carbonyl (C=O) groups is 1. The third-order valence-corrected chi connectivity index (χ3v) is 5.77. The average molecular weight is 446 g/mol. The van der Waals surface area contributed by atoms with Crippen molar-refractivity contribution in [3.05, 3.63) is 93.5 Å². The average Bonchev–Trinajstić information content (AvgIpc) is 3.36. The lowest BCUT2D eigenvalue weighted by atomic mass is 10.1. The standard InChI is InChI=1S/C23H19N5O3S/c1-3-11-27-22(29)20(32-23(27)25-18-9-7-15(2)8-10-18)13-17-14-24-26-21(17)16-5-4-6-19(12-16)28(30)31/h3-10,12-14H,1,11H2,2H3,(H,24,26). The van der Waals surface area contributed by atoms with Gasteiger partial charge in [0.2, 0.25) is 0 Å². The van der Waals surface area contributed by atoms with E-state index in [9.17, 15) is 14.9 Å². The summed E-state index contributed by atoms with van der Waals surface area (Å²) in [6, 6.07) is 14.0. The zero-order valence-electron chi connectivity index (χ0n) is 17.2. The van der Waals surface area contributed by atoms with Crippen LogP contribution in [0.5, 0.6) is 0 Å². The summed E-state index contributed by atoms with van der Waals surface area (Å²) in [5, 5.41) is 18.6. The van der Waals surface area contributed by atoms with Crippen molar-refractivity contribution in [2.45, 2.75) is 6.92 Å². The number of thioether (sulfide) groups is 1. The first-order valence-electron chi connectivity index (χ1n) is 9.72. The Bertz CT molecular complexity index is 1260. The molecule has 2 heterocycles. The Morgan fingerprint density at radius 2 is 2.06 bits per heavy atom. The van der Waals surface area contributed by atoms with E-state index < -0.39 is 4.92 Å². The molecule has 1 aliphatic heterocycles. The number of aryl methyl sites for hydroxylation is 1. The number of amidine groups is 1. The second kappa shape index (κ2) is 9.03. The van der Waals surface area contributed by atoms with Crippen LogP contribution in [-0.2, 0) is 4.79 Å². The van der Waals surface area contributed by atoms with E-state index in [1.165, 1.54) is 23.9 Å². The van der Waals surface area contributed by atoms with Gasteiger partial charge in [0, 0.05) is 29.8 Å². The summed E-state index contributed by atoms with van der Waals surface area (Å²) >= 11 is 1.27. The maximum absolute atomic E-state index is 13.1. The second-order valence-corrected chi connectivity index (χ2v) is 8.06. The molecule has 0 radical (unpaired) electrons. The molecule has 1 N–H and O–H groups in total. The Balaban J connectivity index is 1.69. The molecule has 0 unspecified atom stereocenters. The highest BCUT2D eigenvalue weighted by Gasteiger charge is 2.33. The number of nitro groups is 1.